The molecule has 0 aliphatic carbocycles. The Morgan fingerprint density at radius 3 is 3.00 bits per heavy atom. The third-order valence-corrected chi connectivity index (χ3v) is 2.30. The molecule has 0 fully saturated rings. The van der Waals surface area contributed by atoms with Crippen LogP contribution in [0.2, 0.25) is 0 Å². The number of amides is 1. The zero-order valence-electron chi connectivity index (χ0n) is 9.94. The maximum absolute atomic E-state index is 11.4. The SMILES string of the molecule is CC(N)CCCC(=O)NCc1ccn(C)n1. The Hall–Kier alpha value is -1.36. The molecular formula is C11H20N4O. The fraction of sp³-hybridized carbons (Fsp3) is 0.636. The first-order valence-corrected chi connectivity index (χ1v) is 5.58. The Balaban J connectivity index is 2.15. The van der Waals surface area contributed by atoms with E-state index in [2.05, 4.69) is 10.4 Å². The minimum atomic E-state index is 0.0614. The van der Waals surface area contributed by atoms with E-state index in [-0.39, 0.29) is 11.9 Å². The third-order valence-electron chi connectivity index (χ3n) is 2.30. The van der Waals surface area contributed by atoms with Gasteiger partial charge in [0.05, 0.1) is 12.2 Å². The lowest BCUT2D eigenvalue weighted by Gasteiger charge is -2.05. The largest absolute Gasteiger partial charge is 0.350 e. The van der Waals surface area contributed by atoms with Gasteiger partial charge in [-0.25, -0.2) is 0 Å². The van der Waals surface area contributed by atoms with Crippen LogP contribution in [-0.2, 0) is 18.4 Å². The minimum Gasteiger partial charge on any atom is -0.350 e. The molecule has 1 amide bonds. The number of nitrogens with zero attached hydrogens (tertiary/aromatic N) is 2. The molecule has 5 nitrogen and oxygen atoms in total. The van der Waals surface area contributed by atoms with Gasteiger partial charge in [0.25, 0.3) is 0 Å². The maximum Gasteiger partial charge on any atom is 0.220 e. The van der Waals surface area contributed by atoms with Crippen molar-refractivity contribution in [2.75, 3.05) is 0 Å². The molecular weight excluding hydrogens is 204 g/mol. The van der Waals surface area contributed by atoms with Gasteiger partial charge in [-0.3, -0.25) is 9.48 Å². The van der Waals surface area contributed by atoms with Crippen LogP contribution in [0.5, 0.6) is 0 Å². The maximum atomic E-state index is 11.4. The molecule has 0 aliphatic heterocycles. The van der Waals surface area contributed by atoms with Crippen LogP contribution in [-0.4, -0.2) is 21.7 Å². The summed E-state index contributed by atoms with van der Waals surface area (Å²) >= 11 is 0. The molecule has 1 aromatic rings. The van der Waals surface area contributed by atoms with Crippen LogP contribution in [0.3, 0.4) is 0 Å². The lowest BCUT2D eigenvalue weighted by molar-refractivity contribution is -0.121. The van der Waals surface area contributed by atoms with Gasteiger partial charge in [-0.2, -0.15) is 5.10 Å². The Bertz CT molecular complexity index is 332. The summed E-state index contributed by atoms with van der Waals surface area (Å²) in [6.07, 6.45) is 4.12. The fourth-order valence-electron chi connectivity index (χ4n) is 1.42. The second-order valence-electron chi connectivity index (χ2n) is 4.13. The number of nitrogens with two attached hydrogens (primary N) is 1. The smallest absolute Gasteiger partial charge is 0.220 e. The topological polar surface area (TPSA) is 72.9 Å². The number of carbonyl (C=O) groups excluding carboxylic acids is 1. The summed E-state index contributed by atoms with van der Waals surface area (Å²) < 4.78 is 1.72. The molecule has 5 heteroatoms. The normalized spacial score (nSPS) is 12.4. The lowest BCUT2D eigenvalue weighted by Crippen LogP contribution is -2.23. The number of aromatic nitrogens is 2. The predicted molar refractivity (Wildman–Crippen MR) is 62.6 cm³/mol. The van der Waals surface area contributed by atoms with Crippen LogP contribution in [0, 0.1) is 0 Å². The van der Waals surface area contributed by atoms with E-state index >= 15 is 0 Å². The number of hydrogen-bond acceptors (Lipinski definition) is 3. The Morgan fingerprint density at radius 2 is 2.44 bits per heavy atom. The molecule has 1 aromatic heterocycles. The van der Waals surface area contributed by atoms with Gasteiger partial charge in [0, 0.05) is 25.7 Å². The van der Waals surface area contributed by atoms with E-state index < -0.39 is 0 Å². The first-order chi connectivity index (χ1) is 7.58. The van der Waals surface area contributed by atoms with Crippen molar-refractivity contribution in [1.82, 2.24) is 15.1 Å². The van der Waals surface area contributed by atoms with Crippen molar-refractivity contribution in [2.45, 2.75) is 38.8 Å². The molecule has 0 radical (unpaired) electrons. The number of hydrogen-bond donors (Lipinski definition) is 2. The number of carbonyl (C=O) groups is 1. The summed E-state index contributed by atoms with van der Waals surface area (Å²) in [5.74, 6) is 0.0614. The highest BCUT2D eigenvalue weighted by Crippen LogP contribution is 1.99. The van der Waals surface area contributed by atoms with E-state index in [0.29, 0.717) is 13.0 Å². The van der Waals surface area contributed by atoms with Gasteiger partial charge >= 0.3 is 0 Å². The molecule has 0 aromatic carbocycles. The van der Waals surface area contributed by atoms with Crippen molar-refractivity contribution in [1.29, 1.82) is 0 Å². The lowest BCUT2D eigenvalue weighted by atomic mass is 10.1. The second kappa shape index (κ2) is 6.27. The van der Waals surface area contributed by atoms with Crippen LogP contribution in [0.25, 0.3) is 0 Å². The molecule has 0 saturated carbocycles. The monoisotopic (exact) mass is 224 g/mol. The quantitative estimate of drug-likeness (QED) is 0.741. The van der Waals surface area contributed by atoms with Crippen molar-refractivity contribution in [2.24, 2.45) is 12.8 Å². The fourth-order valence-corrected chi connectivity index (χ4v) is 1.42. The minimum absolute atomic E-state index is 0.0614. The van der Waals surface area contributed by atoms with Crippen LogP contribution in [0.4, 0.5) is 0 Å². The Morgan fingerprint density at radius 1 is 1.69 bits per heavy atom. The van der Waals surface area contributed by atoms with Gasteiger partial charge in [-0.15, -0.1) is 0 Å². The number of aryl methyl sites for hydroxylation is 1. The van der Waals surface area contributed by atoms with Crippen LogP contribution >= 0.6 is 0 Å². The molecule has 0 saturated heterocycles. The van der Waals surface area contributed by atoms with Crippen LogP contribution < -0.4 is 11.1 Å². The van der Waals surface area contributed by atoms with E-state index in [1.165, 1.54) is 0 Å². The number of rotatable bonds is 6. The van der Waals surface area contributed by atoms with E-state index in [1.807, 2.05) is 26.2 Å². The van der Waals surface area contributed by atoms with Crippen LogP contribution in [0.15, 0.2) is 12.3 Å². The zero-order chi connectivity index (χ0) is 12.0. The van der Waals surface area contributed by atoms with Gasteiger partial charge in [-0.1, -0.05) is 0 Å². The predicted octanol–water partition coefficient (Wildman–Crippen LogP) is 0.554. The van der Waals surface area contributed by atoms with Gasteiger partial charge in [0.1, 0.15) is 0 Å². The molecule has 0 aliphatic rings. The summed E-state index contributed by atoms with van der Waals surface area (Å²) in [6, 6.07) is 2.06. The zero-order valence-corrected chi connectivity index (χ0v) is 9.94. The molecule has 1 unspecified atom stereocenters. The summed E-state index contributed by atoms with van der Waals surface area (Å²) in [4.78, 5) is 11.4. The third kappa shape index (κ3) is 4.93. The molecule has 1 heterocycles. The average molecular weight is 224 g/mol. The summed E-state index contributed by atoms with van der Waals surface area (Å²) in [5, 5.41) is 7.00. The van der Waals surface area contributed by atoms with Crippen molar-refractivity contribution in [3.8, 4) is 0 Å². The summed E-state index contributed by atoms with van der Waals surface area (Å²) in [7, 11) is 1.86. The molecule has 16 heavy (non-hydrogen) atoms. The van der Waals surface area contributed by atoms with E-state index in [4.69, 9.17) is 5.73 Å². The van der Waals surface area contributed by atoms with E-state index in [1.54, 1.807) is 4.68 Å². The van der Waals surface area contributed by atoms with Crippen molar-refractivity contribution in [3.63, 3.8) is 0 Å². The van der Waals surface area contributed by atoms with E-state index in [0.717, 1.165) is 18.5 Å². The van der Waals surface area contributed by atoms with Gasteiger partial charge in [-0.05, 0) is 25.8 Å². The van der Waals surface area contributed by atoms with Gasteiger partial charge in [0.15, 0.2) is 0 Å². The second-order valence-corrected chi connectivity index (χ2v) is 4.13. The standard InChI is InChI=1S/C11H20N4O/c1-9(12)4-3-5-11(16)13-8-10-6-7-15(2)14-10/h6-7,9H,3-5,8,12H2,1-2H3,(H,13,16). The Kier molecular flexibility index (Phi) is 4.98. The first-order valence-electron chi connectivity index (χ1n) is 5.58. The average Bonchev–Trinajstić information content (AvgIpc) is 2.61. The summed E-state index contributed by atoms with van der Waals surface area (Å²) in [6.45, 7) is 2.45. The number of nitrogens with one attached hydrogen (secondary N) is 1. The Labute approximate surface area is 96.0 Å². The first kappa shape index (κ1) is 12.7. The molecule has 1 rings (SSSR count). The highest BCUT2D eigenvalue weighted by molar-refractivity contribution is 5.75. The van der Waals surface area contributed by atoms with Crippen molar-refractivity contribution in [3.05, 3.63) is 18.0 Å². The highest BCUT2D eigenvalue weighted by atomic mass is 16.1. The highest BCUT2D eigenvalue weighted by Gasteiger charge is 2.03. The molecule has 90 valence electrons. The van der Waals surface area contributed by atoms with E-state index in [9.17, 15) is 4.79 Å². The van der Waals surface area contributed by atoms with Gasteiger partial charge < -0.3 is 11.1 Å². The molecule has 0 spiro atoms. The van der Waals surface area contributed by atoms with Crippen molar-refractivity contribution < 1.29 is 4.79 Å². The molecule has 1 atom stereocenters. The summed E-state index contributed by atoms with van der Waals surface area (Å²) in [5.41, 5.74) is 6.48. The van der Waals surface area contributed by atoms with Gasteiger partial charge in [0.2, 0.25) is 5.91 Å². The molecule has 0 bridgehead atoms. The van der Waals surface area contributed by atoms with Crippen molar-refractivity contribution >= 4 is 5.91 Å². The van der Waals surface area contributed by atoms with Crippen LogP contribution in [0.1, 0.15) is 31.9 Å². The molecule has 3 N–H and O–H groups in total.